The van der Waals surface area contributed by atoms with Crippen molar-refractivity contribution in [1.82, 2.24) is 14.8 Å². The number of halogens is 1. The van der Waals surface area contributed by atoms with Gasteiger partial charge in [0.05, 0.1) is 17.6 Å². The van der Waals surface area contributed by atoms with Crippen molar-refractivity contribution in [3.8, 4) is 11.1 Å². The van der Waals surface area contributed by atoms with Crippen molar-refractivity contribution >= 4 is 17.8 Å². The second kappa shape index (κ2) is 9.86. The van der Waals surface area contributed by atoms with Gasteiger partial charge >= 0.3 is 0 Å². The van der Waals surface area contributed by atoms with Gasteiger partial charge in [0.15, 0.2) is 6.61 Å². The lowest BCUT2D eigenvalue weighted by molar-refractivity contribution is 0.102. The van der Waals surface area contributed by atoms with E-state index in [0.29, 0.717) is 18.0 Å². The second-order valence-corrected chi connectivity index (χ2v) is 7.33. The van der Waals surface area contributed by atoms with Crippen LogP contribution in [0, 0.1) is 12.9 Å². The number of aromatic nitrogens is 3. The van der Waals surface area contributed by atoms with Crippen LogP contribution >= 0.6 is 0 Å². The fourth-order valence-corrected chi connectivity index (χ4v) is 3.35. The molecule has 0 aliphatic rings. The molecule has 0 aliphatic heterocycles. The first-order chi connectivity index (χ1) is 16.0. The average molecular weight is 443 g/mol. The van der Waals surface area contributed by atoms with Crippen LogP contribution in [-0.4, -0.2) is 26.9 Å². The molecule has 4 rings (SSSR count). The molecule has 33 heavy (non-hydrogen) atoms. The van der Waals surface area contributed by atoms with Crippen molar-refractivity contribution in [3.63, 3.8) is 0 Å². The van der Waals surface area contributed by atoms with E-state index in [1.165, 1.54) is 7.05 Å². The van der Waals surface area contributed by atoms with Gasteiger partial charge in [-0.2, -0.15) is 9.49 Å². The van der Waals surface area contributed by atoms with Crippen LogP contribution in [-0.2, 0) is 18.5 Å². The van der Waals surface area contributed by atoms with Crippen LogP contribution in [0.5, 0.6) is 0 Å². The molecule has 1 N–H and O–H groups in total. The van der Waals surface area contributed by atoms with Crippen molar-refractivity contribution in [3.05, 3.63) is 101 Å². The Morgan fingerprint density at radius 1 is 1.12 bits per heavy atom. The van der Waals surface area contributed by atoms with Gasteiger partial charge in [-0.25, -0.2) is 4.68 Å². The van der Waals surface area contributed by atoms with Crippen molar-refractivity contribution in [2.24, 2.45) is 12.2 Å². The van der Waals surface area contributed by atoms with Crippen LogP contribution in [0.15, 0.2) is 78.1 Å². The summed E-state index contributed by atoms with van der Waals surface area (Å²) in [7, 11) is 1.46. The van der Waals surface area contributed by atoms with E-state index in [1.807, 2.05) is 60.7 Å². The molecule has 0 saturated carbocycles. The molecule has 2 heterocycles. The number of carbonyl (C=O) groups excluding carboxylic acids is 1. The van der Waals surface area contributed by atoms with Gasteiger partial charge in [0, 0.05) is 24.5 Å². The number of aryl methyl sites for hydroxylation is 2. The standard InChI is InChI=1S/C25H22FN5O2/c1-17-23(24(26)31(2)30-17)25(32)29-22-9-4-3-8-21(22)19-12-10-18(11-13-19)15-28-33-16-20-7-5-6-14-27-20/h3-15H,16H2,1-2H3,(H,29,32). The van der Waals surface area contributed by atoms with E-state index in [9.17, 15) is 9.18 Å². The quantitative estimate of drug-likeness (QED) is 0.331. The van der Waals surface area contributed by atoms with Crippen LogP contribution in [0.25, 0.3) is 11.1 Å². The predicted octanol–water partition coefficient (Wildman–Crippen LogP) is 4.73. The first-order valence-corrected chi connectivity index (χ1v) is 10.3. The number of nitrogens with one attached hydrogen (secondary N) is 1. The van der Waals surface area contributed by atoms with Gasteiger partial charge in [-0.15, -0.1) is 0 Å². The first kappa shape index (κ1) is 21.9. The number of pyridine rings is 1. The van der Waals surface area contributed by atoms with Crippen molar-refractivity contribution < 1.29 is 14.0 Å². The molecule has 4 aromatic rings. The monoisotopic (exact) mass is 443 g/mol. The summed E-state index contributed by atoms with van der Waals surface area (Å²) in [4.78, 5) is 22.2. The summed E-state index contributed by atoms with van der Waals surface area (Å²) in [6.07, 6.45) is 3.32. The molecule has 166 valence electrons. The van der Waals surface area contributed by atoms with Crippen LogP contribution in [0.3, 0.4) is 0 Å². The van der Waals surface area contributed by atoms with Crippen LogP contribution in [0.2, 0.25) is 0 Å². The van der Waals surface area contributed by atoms with E-state index in [1.54, 1.807) is 25.4 Å². The number of benzene rings is 2. The Morgan fingerprint density at radius 3 is 2.58 bits per heavy atom. The lowest BCUT2D eigenvalue weighted by atomic mass is 10.0. The minimum atomic E-state index is -0.670. The molecule has 1 amide bonds. The van der Waals surface area contributed by atoms with Crippen molar-refractivity contribution in [2.75, 3.05) is 5.32 Å². The zero-order valence-corrected chi connectivity index (χ0v) is 18.2. The first-order valence-electron chi connectivity index (χ1n) is 10.3. The molecule has 0 saturated heterocycles. The minimum Gasteiger partial charge on any atom is -0.389 e. The molecular weight excluding hydrogens is 421 g/mol. The lowest BCUT2D eigenvalue weighted by Crippen LogP contribution is -2.15. The SMILES string of the molecule is Cc1nn(C)c(F)c1C(=O)Nc1ccccc1-c1ccc(C=NOCc2ccccn2)cc1. The summed E-state index contributed by atoms with van der Waals surface area (Å²) in [6.45, 7) is 1.89. The van der Waals surface area contributed by atoms with E-state index < -0.39 is 11.9 Å². The smallest absolute Gasteiger partial charge is 0.262 e. The Kier molecular flexibility index (Phi) is 6.54. The molecule has 0 unspecified atom stereocenters. The van der Waals surface area contributed by atoms with E-state index in [-0.39, 0.29) is 5.56 Å². The molecule has 8 heteroatoms. The van der Waals surface area contributed by atoms with E-state index in [4.69, 9.17) is 4.84 Å². The summed E-state index contributed by atoms with van der Waals surface area (Å²) in [6, 6.07) is 20.6. The fraction of sp³-hybridized carbons (Fsp3) is 0.120. The number of hydrogen-bond donors (Lipinski definition) is 1. The summed E-state index contributed by atoms with van der Waals surface area (Å²) in [5.41, 5.74) is 4.19. The van der Waals surface area contributed by atoms with Gasteiger partial charge in [-0.3, -0.25) is 9.78 Å². The van der Waals surface area contributed by atoms with Gasteiger partial charge in [0.2, 0.25) is 5.95 Å². The van der Waals surface area contributed by atoms with E-state index in [2.05, 4.69) is 20.6 Å². The molecule has 0 radical (unpaired) electrons. The predicted molar refractivity (Wildman–Crippen MR) is 124 cm³/mol. The van der Waals surface area contributed by atoms with E-state index >= 15 is 0 Å². The zero-order valence-electron chi connectivity index (χ0n) is 18.2. The normalized spacial score (nSPS) is 11.0. The Labute approximate surface area is 190 Å². The summed E-state index contributed by atoms with van der Waals surface area (Å²) in [5, 5.41) is 10.8. The van der Waals surface area contributed by atoms with Gasteiger partial charge in [-0.1, -0.05) is 53.7 Å². The summed E-state index contributed by atoms with van der Waals surface area (Å²) in [5.74, 6) is -1.21. The van der Waals surface area contributed by atoms with E-state index in [0.717, 1.165) is 27.1 Å². The number of nitrogens with zero attached hydrogens (tertiary/aromatic N) is 4. The lowest BCUT2D eigenvalue weighted by Gasteiger charge is -2.11. The third kappa shape index (κ3) is 5.12. The fourth-order valence-electron chi connectivity index (χ4n) is 3.35. The topological polar surface area (TPSA) is 81.4 Å². The highest BCUT2D eigenvalue weighted by Gasteiger charge is 2.21. The number of carbonyl (C=O) groups is 1. The largest absolute Gasteiger partial charge is 0.389 e. The third-order valence-corrected chi connectivity index (χ3v) is 4.99. The maximum atomic E-state index is 14.3. The van der Waals surface area contributed by atoms with Crippen LogP contribution in [0.1, 0.15) is 27.3 Å². The van der Waals surface area contributed by atoms with Crippen LogP contribution < -0.4 is 5.32 Å². The molecule has 2 aromatic carbocycles. The van der Waals surface area contributed by atoms with Gasteiger partial charge in [0.25, 0.3) is 5.91 Å². The zero-order chi connectivity index (χ0) is 23.2. The summed E-state index contributed by atoms with van der Waals surface area (Å²) >= 11 is 0. The second-order valence-electron chi connectivity index (χ2n) is 7.33. The molecule has 0 bridgehead atoms. The number of rotatable bonds is 7. The highest BCUT2D eigenvalue weighted by Crippen LogP contribution is 2.28. The maximum Gasteiger partial charge on any atom is 0.262 e. The number of oxime groups is 1. The molecule has 0 atom stereocenters. The molecule has 0 spiro atoms. The minimum absolute atomic E-state index is 0.0652. The Morgan fingerprint density at radius 2 is 1.88 bits per heavy atom. The molecular formula is C25H22FN5O2. The number of anilines is 1. The molecule has 2 aromatic heterocycles. The average Bonchev–Trinajstić information content (AvgIpc) is 3.09. The van der Waals surface area contributed by atoms with Crippen molar-refractivity contribution in [1.29, 1.82) is 0 Å². The summed E-state index contributed by atoms with van der Waals surface area (Å²) < 4.78 is 15.3. The number of para-hydroxylation sites is 1. The van der Waals surface area contributed by atoms with Gasteiger partial charge in [0.1, 0.15) is 5.56 Å². The highest BCUT2D eigenvalue weighted by molar-refractivity contribution is 6.07. The van der Waals surface area contributed by atoms with Gasteiger partial charge in [-0.05, 0) is 36.2 Å². The number of amides is 1. The molecule has 0 aliphatic carbocycles. The Balaban J connectivity index is 1.46. The van der Waals surface area contributed by atoms with Crippen LogP contribution in [0.4, 0.5) is 10.1 Å². The molecule has 0 fully saturated rings. The molecule has 7 nitrogen and oxygen atoms in total. The van der Waals surface area contributed by atoms with Crippen molar-refractivity contribution in [2.45, 2.75) is 13.5 Å². The Hall–Kier alpha value is -4.33. The maximum absolute atomic E-state index is 14.3. The third-order valence-electron chi connectivity index (χ3n) is 4.99. The van der Waals surface area contributed by atoms with Gasteiger partial charge < -0.3 is 10.2 Å². The number of hydrogen-bond acceptors (Lipinski definition) is 5. The Bertz CT molecular complexity index is 1280. The highest BCUT2D eigenvalue weighted by atomic mass is 19.1.